The van der Waals surface area contributed by atoms with Crippen molar-refractivity contribution >= 4 is 0 Å². The molecule has 3 heteroatoms. The molecule has 3 rings (SSSR count). The predicted octanol–water partition coefficient (Wildman–Crippen LogP) is 2.54. The highest BCUT2D eigenvalue weighted by molar-refractivity contribution is 5.03. The fraction of sp³-hybridized carbons (Fsp3) is 1.00. The molecule has 0 amide bonds. The monoisotopic (exact) mass is 266 g/mol. The van der Waals surface area contributed by atoms with Crippen LogP contribution in [-0.2, 0) is 4.74 Å². The number of nitrogens with two attached hydrogens (primary N) is 1. The van der Waals surface area contributed by atoms with E-state index in [0.29, 0.717) is 11.5 Å². The minimum Gasteiger partial charge on any atom is -0.376 e. The third kappa shape index (κ3) is 2.34. The Morgan fingerprint density at radius 1 is 1.05 bits per heavy atom. The van der Waals surface area contributed by atoms with Gasteiger partial charge < -0.3 is 10.5 Å². The summed E-state index contributed by atoms with van der Waals surface area (Å²) in [5, 5.41) is 0. The van der Waals surface area contributed by atoms with Gasteiger partial charge in [0, 0.05) is 13.2 Å². The van der Waals surface area contributed by atoms with Crippen molar-refractivity contribution < 1.29 is 4.74 Å². The summed E-state index contributed by atoms with van der Waals surface area (Å²) >= 11 is 0. The van der Waals surface area contributed by atoms with Crippen LogP contribution in [0.25, 0.3) is 0 Å². The molecule has 2 N–H and O–H groups in total. The van der Waals surface area contributed by atoms with Crippen LogP contribution in [0.3, 0.4) is 0 Å². The second kappa shape index (κ2) is 5.34. The molecule has 3 fully saturated rings. The first kappa shape index (κ1) is 13.8. The molecule has 1 saturated carbocycles. The quantitative estimate of drug-likeness (QED) is 0.835. The van der Waals surface area contributed by atoms with E-state index in [4.69, 9.17) is 10.5 Å². The van der Waals surface area contributed by atoms with E-state index in [0.717, 1.165) is 19.6 Å². The molecule has 3 aliphatic rings. The highest BCUT2D eigenvalue weighted by Gasteiger charge is 2.48. The van der Waals surface area contributed by atoms with E-state index in [1.807, 2.05) is 0 Å². The Hall–Kier alpha value is -0.120. The van der Waals surface area contributed by atoms with Crippen molar-refractivity contribution in [3.05, 3.63) is 0 Å². The van der Waals surface area contributed by atoms with Crippen molar-refractivity contribution in [3.63, 3.8) is 0 Å². The second-order valence-corrected chi connectivity index (χ2v) is 7.12. The topological polar surface area (TPSA) is 38.5 Å². The first-order chi connectivity index (χ1) is 9.21. The van der Waals surface area contributed by atoms with Gasteiger partial charge in [-0.1, -0.05) is 19.3 Å². The van der Waals surface area contributed by atoms with Gasteiger partial charge in [0.25, 0.3) is 0 Å². The standard InChI is InChI=1S/C16H30N2O/c1-14-16(13-17,9-12-19-14)18-10-7-15(8-11-18)5-3-2-4-6-15/h14H,2-13,17H2,1H3. The van der Waals surface area contributed by atoms with Crippen molar-refractivity contribution in [2.24, 2.45) is 11.1 Å². The maximum atomic E-state index is 6.14. The first-order valence-electron chi connectivity index (χ1n) is 8.28. The van der Waals surface area contributed by atoms with Gasteiger partial charge in [0.05, 0.1) is 11.6 Å². The van der Waals surface area contributed by atoms with Gasteiger partial charge in [0.15, 0.2) is 0 Å². The third-order valence-corrected chi connectivity index (χ3v) is 6.38. The molecule has 2 saturated heterocycles. The number of hydrogen-bond donors (Lipinski definition) is 1. The molecule has 2 heterocycles. The van der Waals surface area contributed by atoms with Gasteiger partial charge in [-0.2, -0.15) is 0 Å². The maximum absolute atomic E-state index is 6.14. The Bertz CT molecular complexity index is 304. The molecule has 1 spiro atoms. The van der Waals surface area contributed by atoms with Crippen molar-refractivity contribution in [2.75, 3.05) is 26.2 Å². The summed E-state index contributed by atoms with van der Waals surface area (Å²) in [6.45, 7) is 6.34. The lowest BCUT2D eigenvalue weighted by atomic mass is 9.67. The largest absolute Gasteiger partial charge is 0.376 e. The zero-order chi connectivity index (χ0) is 13.3. The van der Waals surface area contributed by atoms with Crippen LogP contribution in [0.5, 0.6) is 0 Å². The van der Waals surface area contributed by atoms with Crippen LogP contribution in [-0.4, -0.2) is 42.8 Å². The molecule has 0 radical (unpaired) electrons. The Morgan fingerprint density at radius 2 is 1.74 bits per heavy atom. The summed E-state index contributed by atoms with van der Waals surface area (Å²) in [5.41, 5.74) is 6.96. The number of ether oxygens (including phenoxy) is 1. The number of rotatable bonds is 2. The van der Waals surface area contributed by atoms with Crippen LogP contribution in [0.15, 0.2) is 0 Å². The van der Waals surface area contributed by atoms with Gasteiger partial charge in [0.2, 0.25) is 0 Å². The van der Waals surface area contributed by atoms with Gasteiger partial charge in [0.1, 0.15) is 0 Å². The van der Waals surface area contributed by atoms with Gasteiger partial charge >= 0.3 is 0 Å². The lowest BCUT2D eigenvalue weighted by molar-refractivity contribution is -0.0296. The predicted molar refractivity (Wildman–Crippen MR) is 78.1 cm³/mol. The SMILES string of the molecule is CC1OCCC1(CN)N1CCC2(CCCCC2)CC1. The van der Waals surface area contributed by atoms with Crippen LogP contribution in [0.4, 0.5) is 0 Å². The molecular formula is C16H30N2O. The average molecular weight is 266 g/mol. The fourth-order valence-electron chi connectivity index (χ4n) is 4.81. The molecular weight excluding hydrogens is 236 g/mol. The zero-order valence-electron chi connectivity index (χ0n) is 12.5. The zero-order valence-corrected chi connectivity index (χ0v) is 12.5. The molecule has 2 atom stereocenters. The molecule has 2 unspecified atom stereocenters. The van der Waals surface area contributed by atoms with E-state index in [1.54, 1.807) is 0 Å². The van der Waals surface area contributed by atoms with Gasteiger partial charge in [-0.15, -0.1) is 0 Å². The highest BCUT2D eigenvalue weighted by Crippen LogP contribution is 2.46. The van der Waals surface area contributed by atoms with Crippen molar-refractivity contribution in [1.82, 2.24) is 4.90 Å². The number of likely N-dealkylation sites (tertiary alicyclic amines) is 1. The molecule has 3 nitrogen and oxygen atoms in total. The summed E-state index contributed by atoms with van der Waals surface area (Å²) in [7, 11) is 0. The lowest BCUT2D eigenvalue weighted by Gasteiger charge is -2.51. The molecule has 0 aromatic rings. The molecule has 2 aliphatic heterocycles. The highest BCUT2D eigenvalue weighted by atomic mass is 16.5. The molecule has 0 bridgehead atoms. The Morgan fingerprint density at radius 3 is 2.26 bits per heavy atom. The van der Waals surface area contributed by atoms with Crippen molar-refractivity contribution in [1.29, 1.82) is 0 Å². The molecule has 110 valence electrons. The van der Waals surface area contributed by atoms with Crippen LogP contribution in [0, 0.1) is 5.41 Å². The number of nitrogens with zero attached hydrogens (tertiary/aromatic N) is 1. The number of hydrogen-bond acceptors (Lipinski definition) is 3. The van der Waals surface area contributed by atoms with E-state index in [1.165, 1.54) is 58.0 Å². The molecule has 19 heavy (non-hydrogen) atoms. The van der Waals surface area contributed by atoms with Crippen LogP contribution in [0.1, 0.15) is 58.3 Å². The summed E-state index contributed by atoms with van der Waals surface area (Å²) in [6, 6.07) is 0. The molecule has 0 aromatic carbocycles. The minimum absolute atomic E-state index is 0.135. The van der Waals surface area contributed by atoms with E-state index >= 15 is 0 Å². The van der Waals surface area contributed by atoms with E-state index in [9.17, 15) is 0 Å². The first-order valence-corrected chi connectivity index (χ1v) is 8.28. The Balaban J connectivity index is 1.66. The van der Waals surface area contributed by atoms with Gasteiger partial charge in [-0.05, 0) is 57.5 Å². The second-order valence-electron chi connectivity index (χ2n) is 7.12. The van der Waals surface area contributed by atoms with E-state index in [2.05, 4.69) is 11.8 Å². The van der Waals surface area contributed by atoms with E-state index in [-0.39, 0.29) is 5.54 Å². The maximum Gasteiger partial charge on any atom is 0.0743 e. The summed E-state index contributed by atoms with van der Waals surface area (Å²) < 4.78 is 5.83. The minimum atomic E-state index is 0.135. The van der Waals surface area contributed by atoms with Crippen molar-refractivity contribution in [2.45, 2.75) is 69.9 Å². The fourth-order valence-corrected chi connectivity index (χ4v) is 4.81. The van der Waals surface area contributed by atoms with Crippen molar-refractivity contribution in [3.8, 4) is 0 Å². The van der Waals surface area contributed by atoms with Crippen LogP contribution in [0.2, 0.25) is 0 Å². The molecule has 1 aliphatic carbocycles. The normalized spacial score (nSPS) is 39.8. The van der Waals surface area contributed by atoms with Gasteiger partial charge in [-0.3, -0.25) is 4.90 Å². The Kier molecular flexibility index (Phi) is 3.89. The number of piperidine rings is 1. The van der Waals surface area contributed by atoms with Crippen LogP contribution < -0.4 is 5.73 Å². The lowest BCUT2D eigenvalue weighted by Crippen LogP contribution is -2.61. The van der Waals surface area contributed by atoms with Gasteiger partial charge in [-0.25, -0.2) is 0 Å². The summed E-state index contributed by atoms with van der Waals surface area (Å²) in [4.78, 5) is 2.67. The summed E-state index contributed by atoms with van der Waals surface area (Å²) in [5.74, 6) is 0. The smallest absolute Gasteiger partial charge is 0.0743 e. The molecule has 0 aromatic heterocycles. The summed E-state index contributed by atoms with van der Waals surface area (Å²) in [6.07, 6.45) is 11.5. The van der Waals surface area contributed by atoms with Crippen LogP contribution >= 0.6 is 0 Å². The average Bonchev–Trinajstić information content (AvgIpc) is 2.83. The Labute approximate surface area is 117 Å². The third-order valence-electron chi connectivity index (χ3n) is 6.38. The van der Waals surface area contributed by atoms with E-state index < -0.39 is 0 Å².